The first-order valence-corrected chi connectivity index (χ1v) is 10.1. The Morgan fingerprint density at radius 1 is 1.04 bits per heavy atom. The molecule has 0 aromatic heterocycles. The molecule has 24 heavy (non-hydrogen) atoms. The molecule has 5 nitrogen and oxygen atoms in total. The van der Waals surface area contributed by atoms with Crippen LogP contribution in [0.2, 0.25) is 0 Å². The van der Waals surface area contributed by atoms with E-state index in [1.807, 2.05) is 0 Å². The molecule has 0 amide bonds. The van der Waals surface area contributed by atoms with Gasteiger partial charge in [-0.2, -0.15) is 0 Å². The molecule has 0 aliphatic carbocycles. The van der Waals surface area contributed by atoms with Crippen LogP contribution in [-0.2, 0) is 0 Å². The summed E-state index contributed by atoms with van der Waals surface area (Å²) in [4.78, 5) is 12.6. The predicted molar refractivity (Wildman–Crippen MR) is 104 cm³/mol. The highest BCUT2D eigenvalue weighted by Gasteiger charge is 2.20. The van der Waals surface area contributed by atoms with Gasteiger partial charge in [0.2, 0.25) is 0 Å². The van der Waals surface area contributed by atoms with Crippen molar-refractivity contribution in [3.05, 3.63) is 0 Å². The average molecular weight is 338 g/mol. The molecule has 0 aromatic rings. The lowest BCUT2D eigenvalue weighted by atomic mass is 9.99. The first-order chi connectivity index (χ1) is 11.6. The molecular weight excluding hydrogens is 298 g/mol. The summed E-state index contributed by atoms with van der Waals surface area (Å²) >= 11 is 0. The topological polar surface area (TPSA) is 34.1 Å². The molecule has 5 heteroatoms. The van der Waals surface area contributed by atoms with Gasteiger partial charge in [0, 0.05) is 58.9 Å². The van der Waals surface area contributed by atoms with Gasteiger partial charge in [-0.25, -0.2) is 0 Å². The smallest absolute Gasteiger partial charge is 0.193 e. The summed E-state index contributed by atoms with van der Waals surface area (Å²) in [6.07, 6.45) is 2.59. The third-order valence-electron chi connectivity index (χ3n) is 5.45. The molecule has 140 valence electrons. The van der Waals surface area contributed by atoms with Crippen LogP contribution in [0, 0.1) is 11.8 Å². The van der Waals surface area contributed by atoms with E-state index >= 15 is 0 Å². The van der Waals surface area contributed by atoms with Crippen LogP contribution in [0.5, 0.6) is 0 Å². The van der Waals surface area contributed by atoms with Gasteiger partial charge in [0.25, 0.3) is 0 Å². The number of hydrogen-bond acceptors (Lipinski definition) is 3. The molecule has 0 radical (unpaired) electrons. The maximum atomic E-state index is 4.95. The molecule has 1 atom stereocenters. The predicted octanol–water partition coefficient (Wildman–Crippen LogP) is 1.96. The number of guanidine groups is 1. The number of aliphatic imine (C=N–C) groups is 1. The zero-order chi connectivity index (χ0) is 17.4. The molecule has 2 aliphatic heterocycles. The second kappa shape index (κ2) is 10.2. The van der Waals surface area contributed by atoms with Crippen molar-refractivity contribution in [3.8, 4) is 0 Å². The summed E-state index contributed by atoms with van der Waals surface area (Å²) < 4.78 is 0. The second-order valence-electron chi connectivity index (χ2n) is 7.70. The van der Waals surface area contributed by atoms with Crippen LogP contribution in [0.3, 0.4) is 0 Å². The third kappa shape index (κ3) is 6.25. The van der Waals surface area contributed by atoms with Crippen LogP contribution in [0.15, 0.2) is 4.99 Å². The van der Waals surface area contributed by atoms with Crippen molar-refractivity contribution in [1.29, 1.82) is 0 Å². The molecule has 1 N–H and O–H groups in total. The van der Waals surface area contributed by atoms with E-state index in [4.69, 9.17) is 4.99 Å². The van der Waals surface area contributed by atoms with E-state index in [1.54, 1.807) is 0 Å². The van der Waals surface area contributed by atoms with Gasteiger partial charge < -0.3 is 20.0 Å². The number of likely N-dealkylation sites (tertiary alicyclic amines) is 1. The SMILES string of the molecule is CCNC(=NC[C@H](C)CN1CCN(CC)CC1)N1CCC(C)CC1. The molecule has 2 aliphatic rings. The van der Waals surface area contributed by atoms with E-state index in [1.165, 1.54) is 52.1 Å². The number of nitrogens with zero attached hydrogens (tertiary/aromatic N) is 4. The molecule has 2 fully saturated rings. The van der Waals surface area contributed by atoms with E-state index in [0.29, 0.717) is 5.92 Å². The summed E-state index contributed by atoms with van der Waals surface area (Å²) in [7, 11) is 0. The van der Waals surface area contributed by atoms with E-state index in [-0.39, 0.29) is 0 Å². The summed E-state index contributed by atoms with van der Waals surface area (Å²) in [5.74, 6) is 2.62. The first-order valence-electron chi connectivity index (χ1n) is 10.1. The Balaban J connectivity index is 1.77. The highest BCUT2D eigenvalue weighted by molar-refractivity contribution is 5.80. The Bertz CT molecular complexity index is 368. The molecule has 0 saturated carbocycles. The van der Waals surface area contributed by atoms with Crippen molar-refractivity contribution in [2.45, 2.75) is 40.5 Å². The van der Waals surface area contributed by atoms with Crippen LogP contribution < -0.4 is 5.32 Å². The van der Waals surface area contributed by atoms with Gasteiger partial charge >= 0.3 is 0 Å². The van der Waals surface area contributed by atoms with E-state index in [0.717, 1.165) is 38.1 Å². The van der Waals surface area contributed by atoms with Gasteiger partial charge in [-0.3, -0.25) is 4.99 Å². The summed E-state index contributed by atoms with van der Waals surface area (Å²) in [5.41, 5.74) is 0. The Morgan fingerprint density at radius 3 is 2.25 bits per heavy atom. The lowest BCUT2D eigenvalue weighted by Gasteiger charge is -2.35. The minimum absolute atomic E-state index is 0.621. The van der Waals surface area contributed by atoms with Crippen molar-refractivity contribution >= 4 is 5.96 Å². The van der Waals surface area contributed by atoms with Crippen LogP contribution in [-0.4, -0.2) is 86.1 Å². The Labute approximate surface area is 149 Å². The monoisotopic (exact) mass is 337 g/mol. The lowest BCUT2D eigenvalue weighted by molar-refractivity contribution is 0.125. The van der Waals surface area contributed by atoms with Crippen molar-refractivity contribution in [2.75, 3.05) is 65.4 Å². The Hall–Kier alpha value is -0.810. The fraction of sp³-hybridized carbons (Fsp3) is 0.947. The van der Waals surface area contributed by atoms with Crippen LogP contribution in [0.25, 0.3) is 0 Å². The quantitative estimate of drug-likeness (QED) is 0.593. The van der Waals surface area contributed by atoms with Crippen molar-refractivity contribution in [2.24, 2.45) is 16.8 Å². The molecular formula is C19H39N5. The van der Waals surface area contributed by atoms with E-state index < -0.39 is 0 Å². The lowest BCUT2D eigenvalue weighted by Crippen LogP contribution is -2.48. The molecule has 2 saturated heterocycles. The molecule has 2 heterocycles. The summed E-state index contributed by atoms with van der Waals surface area (Å²) in [5, 5.41) is 3.50. The number of rotatable bonds is 6. The normalized spacial score (nSPS) is 23.5. The Morgan fingerprint density at radius 2 is 1.67 bits per heavy atom. The second-order valence-corrected chi connectivity index (χ2v) is 7.70. The van der Waals surface area contributed by atoms with E-state index in [2.05, 4.69) is 47.7 Å². The van der Waals surface area contributed by atoms with Crippen LogP contribution >= 0.6 is 0 Å². The fourth-order valence-electron chi connectivity index (χ4n) is 3.68. The zero-order valence-electron chi connectivity index (χ0n) is 16.4. The maximum absolute atomic E-state index is 4.95. The molecule has 0 spiro atoms. The van der Waals surface area contributed by atoms with Crippen molar-refractivity contribution in [1.82, 2.24) is 20.0 Å². The Kier molecular flexibility index (Phi) is 8.33. The van der Waals surface area contributed by atoms with Crippen LogP contribution in [0.4, 0.5) is 0 Å². The molecule has 0 unspecified atom stereocenters. The van der Waals surface area contributed by atoms with Gasteiger partial charge in [-0.15, -0.1) is 0 Å². The molecule has 2 rings (SSSR count). The average Bonchev–Trinajstić information content (AvgIpc) is 2.60. The van der Waals surface area contributed by atoms with Crippen LogP contribution in [0.1, 0.15) is 40.5 Å². The van der Waals surface area contributed by atoms with E-state index in [9.17, 15) is 0 Å². The molecule has 0 bridgehead atoms. The van der Waals surface area contributed by atoms with Gasteiger partial charge in [-0.05, 0) is 38.1 Å². The highest BCUT2D eigenvalue weighted by atomic mass is 15.3. The number of piperidine rings is 1. The largest absolute Gasteiger partial charge is 0.357 e. The summed E-state index contributed by atoms with van der Waals surface area (Å²) in [6, 6.07) is 0. The van der Waals surface area contributed by atoms with Gasteiger partial charge in [-0.1, -0.05) is 20.8 Å². The van der Waals surface area contributed by atoms with Crippen molar-refractivity contribution < 1.29 is 0 Å². The zero-order valence-corrected chi connectivity index (χ0v) is 16.4. The fourth-order valence-corrected chi connectivity index (χ4v) is 3.68. The summed E-state index contributed by atoms with van der Waals surface area (Å²) in [6.45, 7) is 20.6. The first kappa shape index (κ1) is 19.5. The number of hydrogen-bond donors (Lipinski definition) is 1. The molecule has 0 aromatic carbocycles. The van der Waals surface area contributed by atoms with Gasteiger partial charge in [0.05, 0.1) is 0 Å². The maximum Gasteiger partial charge on any atom is 0.193 e. The standard InChI is InChI=1S/C19H39N5/c1-5-20-19(24-9-7-17(3)8-10-24)21-15-18(4)16-23-13-11-22(6-2)12-14-23/h17-18H,5-16H2,1-4H3,(H,20,21)/t18-/m0/s1. The van der Waals surface area contributed by atoms with Crippen molar-refractivity contribution in [3.63, 3.8) is 0 Å². The number of piperazine rings is 1. The highest BCUT2D eigenvalue weighted by Crippen LogP contribution is 2.16. The van der Waals surface area contributed by atoms with Gasteiger partial charge in [0.1, 0.15) is 0 Å². The minimum atomic E-state index is 0.621. The third-order valence-corrected chi connectivity index (χ3v) is 5.45. The van der Waals surface area contributed by atoms with Gasteiger partial charge in [0.15, 0.2) is 5.96 Å². The number of nitrogens with one attached hydrogen (secondary N) is 1. The number of likely N-dealkylation sites (N-methyl/N-ethyl adjacent to an activating group) is 1. The minimum Gasteiger partial charge on any atom is -0.357 e.